The third-order valence-electron chi connectivity index (χ3n) is 5.63. The molecule has 0 N–H and O–H groups in total. The molecule has 10 nitrogen and oxygen atoms in total. The summed E-state index contributed by atoms with van der Waals surface area (Å²) in [7, 11) is -1.95. The highest BCUT2D eigenvalue weighted by Gasteiger charge is 2.26. The quantitative estimate of drug-likeness (QED) is 0.332. The first-order valence-corrected chi connectivity index (χ1v) is 13.3. The van der Waals surface area contributed by atoms with E-state index in [0.717, 1.165) is 11.3 Å². The SMILES string of the molecule is COC[C@@H](C)n1c(-c2ccc([N+](=O)[O-])cc2)csc1=Nc1ccc(S(=O)(=O)N2CCOCC2)cc1. The summed E-state index contributed by atoms with van der Waals surface area (Å²) >= 11 is 1.43. The molecule has 4 rings (SSSR count). The monoisotopic (exact) mass is 518 g/mol. The number of hydrogen-bond acceptors (Lipinski definition) is 8. The van der Waals surface area contributed by atoms with Crippen LogP contribution in [0.1, 0.15) is 13.0 Å². The molecule has 0 saturated carbocycles. The number of benzene rings is 2. The van der Waals surface area contributed by atoms with Gasteiger partial charge >= 0.3 is 0 Å². The van der Waals surface area contributed by atoms with Gasteiger partial charge in [-0.2, -0.15) is 4.31 Å². The molecular weight excluding hydrogens is 492 g/mol. The summed E-state index contributed by atoms with van der Waals surface area (Å²) in [5.74, 6) is 0. The number of sulfonamides is 1. The number of morpholine rings is 1. The van der Waals surface area contributed by atoms with Crippen molar-refractivity contribution in [1.29, 1.82) is 0 Å². The molecule has 0 amide bonds. The highest BCUT2D eigenvalue weighted by Crippen LogP contribution is 2.27. The number of non-ortho nitro benzene ring substituents is 1. The third kappa shape index (κ3) is 5.52. The van der Waals surface area contributed by atoms with Crippen LogP contribution in [-0.2, 0) is 19.5 Å². The number of ether oxygens (including phenoxy) is 2. The van der Waals surface area contributed by atoms with E-state index in [9.17, 15) is 18.5 Å². The Morgan fingerprint density at radius 1 is 1.14 bits per heavy atom. The molecule has 2 aromatic carbocycles. The standard InChI is InChI=1S/C23H26N4O6S2/c1-17(15-32-2)26-22(18-3-7-20(8-4-18)27(28)29)16-34-23(26)24-19-5-9-21(10-6-19)35(30,31)25-11-13-33-14-12-25/h3-10,16-17H,11-15H2,1-2H3/t17-/m1/s1. The molecule has 1 aromatic heterocycles. The van der Waals surface area contributed by atoms with Crippen molar-refractivity contribution < 1.29 is 22.8 Å². The average molecular weight is 519 g/mol. The van der Waals surface area contributed by atoms with Crippen LogP contribution in [0.5, 0.6) is 0 Å². The van der Waals surface area contributed by atoms with Crippen molar-refractivity contribution in [2.24, 2.45) is 4.99 Å². The average Bonchev–Trinajstić information content (AvgIpc) is 3.28. The number of rotatable bonds is 8. The lowest BCUT2D eigenvalue weighted by Gasteiger charge is -2.26. The molecule has 12 heteroatoms. The summed E-state index contributed by atoms with van der Waals surface area (Å²) in [6, 6.07) is 12.8. The zero-order chi connectivity index (χ0) is 25.0. The maximum absolute atomic E-state index is 12.9. The molecule has 0 radical (unpaired) electrons. The van der Waals surface area contributed by atoms with Crippen LogP contribution in [0.3, 0.4) is 0 Å². The van der Waals surface area contributed by atoms with Crippen molar-refractivity contribution in [3.05, 3.63) is 68.8 Å². The van der Waals surface area contributed by atoms with Crippen molar-refractivity contribution in [3.8, 4) is 11.3 Å². The maximum Gasteiger partial charge on any atom is 0.269 e. The smallest absolute Gasteiger partial charge is 0.269 e. The second kappa shape index (κ2) is 10.8. The Morgan fingerprint density at radius 2 is 1.80 bits per heavy atom. The van der Waals surface area contributed by atoms with E-state index in [2.05, 4.69) is 0 Å². The van der Waals surface area contributed by atoms with Gasteiger partial charge in [0.05, 0.1) is 47.1 Å². The Balaban J connectivity index is 1.69. The predicted octanol–water partition coefficient (Wildman–Crippen LogP) is 3.59. The Morgan fingerprint density at radius 3 is 2.40 bits per heavy atom. The number of nitrogens with zero attached hydrogens (tertiary/aromatic N) is 4. The van der Waals surface area contributed by atoms with Crippen molar-refractivity contribution in [2.45, 2.75) is 17.9 Å². The summed E-state index contributed by atoms with van der Waals surface area (Å²) in [6.07, 6.45) is 0. The minimum Gasteiger partial charge on any atom is -0.383 e. The van der Waals surface area contributed by atoms with E-state index in [0.29, 0.717) is 43.4 Å². The molecule has 1 fully saturated rings. The van der Waals surface area contributed by atoms with Crippen LogP contribution in [0.15, 0.2) is 63.8 Å². The normalized spacial score (nSPS) is 16.3. The molecule has 186 valence electrons. The van der Waals surface area contributed by atoms with Gasteiger partial charge in [-0.15, -0.1) is 11.3 Å². The van der Waals surface area contributed by atoms with Crippen molar-refractivity contribution >= 4 is 32.7 Å². The fraction of sp³-hybridized carbons (Fsp3) is 0.348. The Hall–Kier alpha value is -2.90. The van der Waals surface area contributed by atoms with Gasteiger partial charge in [0.15, 0.2) is 4.80 Å². The zero-order valence-electron chi connectivity index (χ0n) is 19.4. The summed E-state index contributed by atoms with van der Waals surface area (Å²) in [5.41, 5.74) is 2.32. The van der Waals surface area contributed by atoms with E-state index in [1.807, 2.05) is 16.9 Å². The van der Waals surface area contributed by atoms with E-state index in [1.54, 1.807) is 43.5 Å². The number of hydrogen-bond donors (Lipinski definition) is 0. The van der Waals surface area contributed by atoms with Gasteiger partial charge in [-0.3, -0.25) is 10.1 Å². The lowest BCUT2D eigenvalue weighted by molar-refractivity contribution is -0.384. The maximum atomic E-state index is 12.9. The van der Waals surface area contributed by atoms with E-state index >= 15 is 0 Å². The third-order valence-corrected chi connectivity index (χ3v) is 8.39. The summed E-state index contributed by atoms with van der Waals surface area (Å²) < 4.78 is 39.8. The van der Waals surface area contributed by atoms with E-state index in [1.165, 1.54) is 27.8 Å². The van der Waals surface area contributed by atoms with Crippen molar-refractivity contribution in [3.63, 3.8) is 0 Å². The van der Waals surface area contributed by atoms with Crippen molar-refractivity contribution in [1.82, 2.24) is 8.87 Å². The number of nitro benzene ring substituents is 1. The molecule has 0 spiro atoms. The van der Waals surface area contributed by atoms with Crippen molar-refractivity contribution in [2.75, 3.05) is 40.0 Å². The molecule has 1 aliphatic heterocycles. The molecule has 0 unspecified atom stereocenters. The fourth-order valence-electron chi connectivity index (χ4n) is 3.85. The second-order valence-electron chi connectivity index (χ2n) is 8.00. The van der Waals surface area contributed by atoms with E-state index in [4.69, 9.17) is 14.5 Å². The number of aromatic nitrogens is 1. The number of methoxy groups -OCH3 is 1. The molecule has 1 saturated heterocycles. The molecule has 0 aliphatic carbocycles. The van der Waals surface area contributed by atoms with Gasteiger partial charge < -0.3 is 14.0 Å². The summed E-state index contributed by atoms with van der Waals surface area (Å²) in [4.78, 5) is 16.3. The zero-order valence-corrected chi connectivity index (χ0v) is 21.0. The Bertz CT molecular complexity index is 1340. The van der Waals surface area contributed by atoms with Gasteiger partial charge in [0.2, 0.25) is 10.0 Å². The summed E-state index contributed by atoms with van der Waals surface area (Å²) in [6.45, 7) is 3.91. The van der Waals surface area contributed by atoms with Crippen LogP contribution < -0.4 is 4.80 Å². The van der Waals surface area contributed by atoms with Crippen LogP contribution in [0.25, 0.3) is 11.3 Å². The van der Waals surface area contributed by atoms with Gasteiger partial charge in [-0.1, -0.05) is 0 Å². The first kappa shape index (κ1) is 25.2. The second-order valence-corrected chi connectivity index (χ2v) is 10.8. The Kier molecular flexibility index (Phi) is 7.77. The minimum absolute atomic E-state index is 0.0255. The largest absolute Gasteiger partial charge is 0.383 e. The predicted molar refractivity (Wildman–Crippen MR) is 132 cm³/mol. The van der Waals surface area contributed by atoms with Crippen LogP contribution >= 0.6 is 11.3 Å². The molecule has 3 aromatic rings. The highest BCUT2D eigenvalue weighted by atomic mass is 32.2. The first-order chi connectivity index (χ1) is 16.8. The van der Waals surface area contributed by atoms with Gasteiger partial charge in [-0.05, 0) is 48.9 Å². The lowest BCUT2D eigenvalue weighted by Crippen LogP contribution is -2.40. The van der Waals surface area contributed by atoms with Crippen LogP contribution in [0, 0.1) is 10.1 Å². The molecule has 1 atom stereocenters. The number of thiazole rings is 1. The van der Waals surface area contributed by atoms with E-state index < -0.39 is 14.9 Å². The minimum atomic E-state index is -3.58. The van der Waals surface area contributed by atoms with Crippen LogP contribution in [0.2, 0.25) is 0 Å². The molecular formula is C23H26N4O6S2. The fourth-order valence-corrected chi connectivity index (χ4v) is 6.27. The van der Waals surface area contributed by atoms with Gasteiger partial charge in [0.1, 0.15) is 0 Å². The topological polar surface area (TPSA) is 116 Å². The van der Waals surface area contributed by atoms with Crippen LogP contribution in [-0.4, -0.2) is 62.2 Å². The Labute approximate surface area is 207 Å². The van der Waals surface area contributed by atoms with Gasteiger partial charge in [0.25, 0.3) is 5.69 Å². The van der Waals surface area contributed by atoms with Crippen LogP contribution in [0.4, 0.5) is 11.4 Å². The molecule has 1 aliphatic rings. The molecule has 0 bridgehead atoms. The first-order valence-electron chi connectivity index (χ1n) is 11.0. The highest BCUT2D eigenvalue weighted by molar-refractivity contribution is 7.89. The molecule has 2 heterocycles. The lowest BCUT2D eigenvalue weighted by atomic mass is 10.1. The summed E-state index contributed by atoms with van der Waals surface area (Å²) in [5, 5.41) is 13.0. The molecule has 35 heavy (non-hydrogen) atoms. The number of nitro groups is 1. The van der Waals surface area contributed by atoms with Gasteiger partial charge in [0, 0.05) is 37.7 Å². The van der Waals surface area contributed by atoms with E-state index in [-0.39, 0.29) is 16.6 Å². The van der Waals surface area contributed by atoms with Gasteiger partial charge in [-0.25, -0.2) is 13.4 Å².